The largest absolute Gasteiger partial charge is 0.340 e. The maximum Gasteiger partial charge on any atom is 0.328 e. The van der Waals surface area contributed by atoms with Crippen LogP contribution in [0.15, 0.2) is 21.9 Å². The first-order valence-corrected chi connectivity index (χ1v) is 8.17. The molecular formula is C16H28N4O3. The summed E-state index contributed by atoms with van der Waals surface area (Å²) in [5, 5.41) is 0. The Bertz CT molecular complexity index is 602. The number of carbonyl (C=O) groups is 1. The van der Waals surface area contributed by atoms with E-state index in [1.54, 1.807) is 4.90 Å². The molecule has 0 aliphatic rings. The lowest BCUT2D eigenvalue weighted by atomic mass is 10.2. The molecule has 0 aromatic carbocycles. The van der Waals surface area contributed by atoms with E-state index in [1.807, 2.05) is 0 Å². The molecule has 7 nitrogen and oxygen atoms in total. The molecule has 0 atom stereocenters. The van der Waals surface area contributed by atoms with E-state index in [0.29, 0.717) is 19.0 Å². The van der Waals surface area contributed by atoms with Crippen LogP contribution >= 0.6 is 0 Å². The minimum atomic E-state index is -0.556. The summed E-state index contributed by atoms with van der Waals surface area (Å²) in [5.74, 6) is 0.239. The first-order valence-electron chi connectivity index (χ1n) is 8.17. The third kappa shape index (κ3) is 6.40. The van der Waals surface area contributed by atoms with E-state index in [2.05, 4.69) is 37.6 Å². The molecule has 1 aromatic rings. The predicted molar refractivity (Wildman–Crippen MR) is 90.5 cm³/mol. The van der Waals surface area contributed by atoms with Gasteiger partial charge in [-0.3, -0.25) is 19.1 Å². The number of H-pyrrole nitrogens is 1. The van der Waals surface area contributed by atoms with Gasteiger partial charge in [0, 0.05) is 31.9 Å². The molecule has 0 aliphatic carbocycles. The van der Waals surface area contributed by atoms with Gasteiger partial charge in [0.05, 0.1) is 0 Å². The molecule has 130 valence electrons. The van der Waals surface area contributed by atoms with Gasteiger partial charge >= 0.3 is 5.69 Å². The highest BCUT2D eigenvalue weighted by molar-refractivity contribution is 5.76. The Morgan fingerprint density at radius 1 is 1.22 bits per heavy atom. The van der Waals surface area contributed by atoms with Crippen LogP contribution in [0.2, 0.25) is 0 Å². The second-order valence-corrected chi connectivity index (χ2v) is 6.00. The van der Waals surface area contributed by atoms with Crippen molar-refractivity contribution >= 4 is 5.91 Å². The van der Waals surface area contributed by atoms with E-state index in [-0.39, 0.29) is 12.5 Å². The van der Waals surface area contributed by atoms with Crippen LogP contribution in [0.3, 0.4) is 0 Å². The zero-order valence-corrected chi connectivity index (χ0v) is 14.5. The van der Waals surface area contributed by atoms with Gasteiger partial charge in [0.15, 0.2) is 0 Å². The smallest absolute Gasteiger partial charge is 0.328 e. The fraction of sp³-hybridized carbons (Fsp3) is 0.688. The number of carbonyl (C=O) groups excluding carboxylic acids is 1. The van der Waals surface area contributed by atoms with Crippen LogP contribution in [-0.2, 0) is 11.3 Å². The summed E-state index contributed by atoms with van der Waals surface area (Å²) >= 11 is 0. The molecular weight excluding hydrogens is 296 g/mol. The number of rotatable bonds is 9. The van der Waals surface area contributed by atoms with Gasteiger partial charge in [0.25, 0.3) is 5.56 Å². The van der Waals surface area contributed by atoms with Gasteiger partial charge in [-0.25, -0.2) is 4.79 Å². The van der Waals surface area contributed by atoms with Gasteiger partial charge in [0.2, 0.25) is 5.91 Å². The highest BCUT2D eigenvalue weighted by Gasteiger charge is 2.16. The minimum absolute atomic E-state index is 0.0550. The molecule has 1 amide bonds. The average Bonchev–Trinajstić information content (AvgIpc) is 2.49. The molecule has 0 aliphatic heterocycles. The Labute approximate surface area is 136 Å². The lowest BCUT2D eigenvalue weighted by Gasteiger charge is -2.28. The number of likely N-dealkylation sites (N-methyl/N-ethyl adjacent to an activating group) is 1. The lowest BCUT2D eigenvalue weighted by molar-refractivity contribution is -0.132. The summed E-state index contributed by atoms with van der Waals surface area (Å²) in [7, 11) is 0. The number of aromatic nitrogens is 2. The maximum absolute atomic E-state index is 12.5. The van der Waals surface area contributed by atoms with Crippen molar-refractivity contribution in [2.24, 2.45) is 5.92 Å². The second-order valence-electron chi connectivity index (χ2n) is 6.00. The molecule has 7 heteroatoms. The van der Waals surface area contributed by atoms with E-state index < -0.39 is 11.2 Å². The molecule has 1 aromatic heterocycles. The number of aromatic amines is 1. The highest BCUT2D eigenvalue weighted by Crippen LogP contribution is 2.02. The first-order chi connectivity index (χ1) is 10.9. The Balaban J connectivity index is 2.78. The topological polar surface area (TPSA) is 78.4 Å². The Morgan fingerprint density at radius 3 is 2.39 bits per heavy atom. The first kappa shape index (κ1) is 19.2. The van der Waals surface area contributed by atoms with E-state index in [4.69, 9.17) is 0 Å². The molecule has 1 rings (SSSR count). The standard InChI is InChI=1S/C16H28N4O3/c1-5-18(6-2)9-10-19(11-13(3)4)15(22)12-20-8-7-14(21)17-16(20)23/h7-8,13H,5-6,9-12H2,1-4H3,(H,17,21,23). The van der Waals surface area contributed by atoms with Crippen LogP contribution in [0.4, 0.5) is 0 Å². The highest BCUT2D eigenvalue weighted by atomic mass is 16.2. The van der Waals surface area contributed by atoms with Crippen molar-refractivity contribution in [3.8, 4) is 0 Å². The third-order valence-corrected chi connectivity index (χ3v) is 3.72. The average molecular weight is 324 g/mol. The van der Waals surface area contributed by atoms with Gasteiger partial charge in [0.1, 0.15) is 6.54 Å². The van der Waals surface area contributed by atoms with E-state index in [1.165, 1.54) is 16.8 Å². The van der Waals surface area contributed by atoms with Crippen molar-refractivity contribution in [2.45, 2.75) is 34.2 Å². The van der Waals surface area contributed by atoms with Gasteiger partial charge in [-0.1, -0.05) is 27.7 Å². The number of nitrogens with one attached hydrogen (secondary N) is 1. The van der Waals surface area contributed by atoms with Crippen molar-refractivity contribution < 1.29 is 4.79 Å². The lowest BCUT2D eigenvalue weighted by Crippen LogP contribution is -2.43. The number of amides is 1. The van der Waals surface area contributed by atoms with Gasteiger partial charge in [-0.15, -0.1) is 0 Å². The molecule has 0 fully saturated rings. The van der Waals surface area contributed by atoms with Crippen LogP contribution in [0.5, 0.6) is 0 Å². The van der Waals surface area contributed by atoms with Crippen molar-refractivity contribution in [1.82, 2.24) is 19.4 Å². The fourth-order valence-corrected chi connectivity index (χ4v) is 2.38. The van der Waals surface area contributed by atoms with Crippen molar-refractivity contribution in [3.63, 3.8) is 0 Å². The zero-order chi connectivity index (χ0) is 17.4. The van der Waals surface area contributed by atoms with Crippen LogP contribution in [0, 0.1) is 5.92 Å². The Hall–Kier alpha value is -1.89. The van der Waals surface area contributed by atoms with Crippen LogP contribution in [-0.4, -0.2) is 58.0 Å². The van der Waals surface area contributed by atoms with Gasteiger partial charge < -0.3 is 9.80 Å². The van der Waals surface area contributed by atoms with Gasteiger partial charge in [-0.2, -0.15) is 0 Å². The van der Waals surface area contributed by atoms with Crippen LogP contribution in [0.1, 0.15) is 27.7 Å². The summed E-state index contributed by atoms with van der Waals surface area (Å²) < 4.78 is 1.23. The quantitative estimate of drug-likeness (QED) is 0.711. The molecule has 0 saturated heterocycles. The van der Waals surface area contributed by atoms with Crippen molar-refractivity contribution in [2.75, 3.05) is 32.7 Å². The number of hydrogen-bond donors (Lipinski definition) is 1. The summed E-state index contributed by atoms with van der Waals surface area (Å²) in [6, 6.07) is 1.25. The maximum atomic E-state index is 12.5. The summed E-state index contributed by atoms with van der Waals surface area (Å²) in [4.78, 5) is 41.5. The van der Waals surface area contributed by atoms with Crippen LogP contribution < -0.4 is 11.2 Å². The SMILES string of the molecule is CCN(CC)CCN(CC(C)C)C(=O)Cn1ccc(=O)[nH]c1=O. The van der Waals surface area contributed by atoms with Crippen molar-refractivity contribution in [3.05, 3.63) is 33.1 Å². The summed E-state index contributed by atoms with van der Waals surface area (Å²) in [5.41, 5.74) is -1.02. The molecule has 1 N–H and O–H groups in total. The molecule has 0 unspecified atom stereocenters. The molecule has 0 radical (unpaired) electrons. The Kier molecular flexibility index (Phi) is 7.74. The molecule has 1 heterocycles. The van der Waals surface area contributed by atoms with E-state index >= 15 is 0 Å². The van der Waals surface area contributed by atoms with Crippen molar-refractivity contribution in [1.29, 1.82) is 0 Å². The molecule has 0 saturated carbocycles. The Morgan fingerprint density at radius 2 is 1.87 bits per heavy atom. The number of nitrogens with zero attached hydrogens (tertiary/aromatic N) is 3. The molecule has 23 heavy (non-hydrogen) atoms. The van der Waals surface area contributed by atoms with E-state index in [9.17, 15) is 14.4 Å². The minimum Gasteiger partial charge on any atom is -0.340 e. The summed E-state index contributed by atoms with van der Waals surface area (Å²) in [6.07, 6.45) is 1.36. The van der Waals surface area contributed by atoms with E-state index in [0.717, 1.165) is 19.6 Å². The zero-order valence-electron chi connectivity index (χ0n) is 14.5. The third-order valence-electron chi connectivity index (χ3n) is 3.72. The monoisotopic (exact) mass is 324 g/mol. The fourth-order valence-electron chi connectivity index (χ4n) is 2.38. The second kappa shape index (κ2) is 9.29. The summed E-state index contributed by atoms with van der Waals surface area (Å²) in [6.45, 7) is 12.2. The van der Waals surface area contributed by atoms with Crippen LogP contribution in [0.25, 0.3) is 0 Å². The van der Waals surface area contributed by atoms with Gasteiger partial charge in [-0.05, 0) is 19.0 Å². The molecule has 0 spiro atoms. The number of hydrogen-bond acceptors (Lipinski definition) is 4. The molecule has 0 bridgehead atoms. The normalized spacial score (nSPS) is 11.2. The predicted octanol–water partition coefficient (Wildman–Crippen LogP) is 0.363.